The lowest BCUT2D eigenvalue weighted by Gasteiger charge is -2.13. The third-order valence-electron chi connectivity index (χ3n) is 2.09. The maximum Gasteiger partial charge on any atom is 0.489 e. The van der Waals surface area contributed by atoms with Gasteiger partial charge in [-0.2, -0.15) is 0 Å². The van der Waals surface area contributed by atoms with Crippen molar-refractivity contribution in [3.63, 3.8) is 0 Å². The molecule has 1 unspecified atom stereocenters. The molecule has 1 rings (SSSR count). The molecule has 0 fully saturated rings. The molecule has 0 aliphatic carbocycles. The standard InChI is InChI=1S/C8H11BIN2O2P/c1-5-2-3-7(12-15-10)6(4-11)8(5)9(13)14/h2-4,11-15H,1H3. The van der Waals surface area contributed by atoms with Crippen LogP contribution >= 0.6 is 28.4 Å². The Labute approximate surface area is 103 Å². The quantitative estimate of drug-likeness (QED) is 0.287. The van der Waals surface area contributed by atoms with E-state index in [1.54, 1.807) is 13.0 Å². The van der Waals surface area contributed by atoms with Gasteiger partial charge in [0.05, 0.1) is 0 Å². The van der Waals surface area contributed by atoms with Crippen LogP contribution in [0, 0.1) is 12.3 Å². The van der Waals surface area contributed by atoms with E-state index in [0.29, 0.717) is 17.4 Å². The second kappa shape index (κ2) is 5.79. The lowest BCUT2D eigenvalue weighted by atomic mass is 9.74. The van der Waals surface area contributed by atoms with Crippen LogP contribution in [-0.2, 0) is 0 Å². The molecule has 0 aliphatic heterocycles. The summed E-state index contributed by atoms with van der Waals surface area (Å²) in [6.07, 6.45) is 1.61. The van der Waals surface area contributed by atoms with E-state index in [0.717, 1.165) is 17.5 Å². The van der Waals surface area contributed by atoms with E-state index in [1.807, 2.05) is 6.07 Å². The molecule has 1 atom stereocenters. The molecule has 0 saturated carbocycles. The van der Waals surface area contributed by atoms with Crippen LogP contribution in [0.2, 0.25) is 0 Å². The van der Waals surface area contributed by atoms with E-state index < -0.39 is 7.12 Å². The first kappa shape index (κ1) is 12.9. The Kier molecular flexibility index (Phi) is 4.98. The van der Waals surface area contributed by atoms with Gasteiger partial charge in [0.2, 0.25) is 0 Å². The van der Waals surface area contributed by atoms with Gasteiger partial charge in [-0.15, -0.1) is 0 Å². The molecule has 4 nitrogen and oxygen atoms in total. The minimum atomic E-state index is -1.54. The van der Waals surface area contributed by atoms with Crippen molar-refractivity contribution in [2.24, 2.45) is 0 Å². The normalized spacial score (nSPS) is 10.7. The zero-order valence-corrected chi connectivity index (χ0v) is 11.2. The molecule has 80 valence electrons. The lowest BCUT2D eigenvalue weighted by molar-refractivity contribution is 0.425. The Morgan fingerprint density at radius 1 is 1.53 bits per heavy atom. The van der Waals surface area contributed by atoms with Crippen molar-refractivity contribution in [3.05, 3.63) is 23.3 Å². The Bertz CT molecular complexity index is 376. The Morgan fingerprint density at radius 3 is 2.67 bits per heavy atom. The average molecular weight is 336 g/mol. The number of nitrogens with one attached hydrogen (secondary N) is 2. The van der Waals surface area contributed by atoms with Gasteiger partial charge in [0, 0.05) is 23.8 Å². The highest BCUT2D eigenvalue weighted by Crippen LogP contribution is 2.25. The van der Waals surface area contributed by atoms with E-state index in [4.69, 9.17) is 5.41 Å². The molecule has 0 heterocycles. The van der Waals surface area contributed by atoms with Gasteiger partial charge in [0.25, 0.3) is 0 Å². The van der Waals surface area contributed by atoms with Gasteiger partial charge in [-0.3, -0.25) is 0 Å². The van der Waals surface area contributed by atoms with Gasteiger partial charge in [0.15, 0.2) is 0 Å². The zero-order valence-electron chi connectivity index (χ0n) is 8.08. The van der Waals surface area contributed by atoms with E-state index in [1.165, 1.54) is 0 Å². The average Bonchev–Trinajstić information content (AvgIpc) is 2.19. The molecule has 0 bridgehead atoms. The van der Waals surface area contributed by atoms with E-state index in [2.05, 4.69) is 27.1 Å². The summed E-state index contributed by atoms with van der Waals surface area (Å²) < 4.78 is 0. The first-order valence-electron chi connectivity index (χ1n) is 4.23. The van der Waals surface area contributed by atoms with Gasteiger partial charge in [-0.1, -0.05) is 11.6 Å². The predicted molar refractivity (Wildman–Crippen MR) is 74.8 cm³/mol. The molecule has 1 aromatic rings. The third-order valence-corrected chi connectivity index (χ3v) is 3.26. The maximum atomic E-state index is 9.23. The molecular weight excluding hydrogens is 325 g/mol. The van der Waals surface area contributed by atoms with Gasteiger partial charge >= 0.3 is 7.12 Å². The third kappa shape index (κ3) is 2.90. The van der Waals surface area contributed by atoms with E-state index in [-0.39, 0.29) is 0 Å². The van der Waals surface area contributed by atoms with Gasteiger partial charge in [0.1, 0.15) is 0 Å². The SMILES string of the molecule is Cc1ccc(NPI)c(C=N)c1B(O)O. The van der Waals surface area contributed by atoms with Crippen LogP contribution in [0.25, 0.3) is 0 Å². The summed E-state index contributed by atoms with van der Waals surface area (Å²) in [5, 5.41) is 28.9. The zero-order chi connectivity index (χ0) is 11.4. The highest BCUT2D eigenvalue weighted by molar-refractivity contribution is 14.2. The van der Waals surface area contributed by atoms with Crippen LogP contribution in [0.3, 0.4) is 0 Å². The van der Waals surface area contributed by atoms with Crippen LogP contribution < -0.4 is 10.6 Å². The molecule has 7 heteroatoms. The summed E-state index contributed by atoms with van der Waals surface area (Å²) in [6, 6.07) is 3.65. The fraction of sp³-hybridized carbons (Fsp3) is 0.125. The topological polar surface area (TPSA) is 76.3 Å². The maximum absolute atomic E-state index is 9.23. The summed E-state index contributed by atoms with van der Waals surface area (Å²) in [5.74, 6) is 0. The lowest BCUT2D eigenvalue weighted by Crippen LogP contribution is -2.35. The van der Waals surface area contributed by atoms with Crippen molar-refractivity contribution in [2.75, 3.05) is 5.09 Å². The van der Waals surface area contributed by atoms with Crippen LogP contribution in [0.1, 0.15) is 11.1 Å². The summed E-state index contributed by atoms with van der Waals surface area (Å²) in [6.45, 7) is 1.79. The first-order valence-corrected chi connectivity index (χ1v) is 8.35. The second-order valence-corrected chi connectivity index (χ2v) is 5.05. The van der Waals surface area contributed by atoms with Crippen molar-refractivity contribution >= 4 is 52.9 Å². The number of hydrogen-bond acceptors (Lipinski definition) is 4. The molecular formula is C8H11BIN2O2P. The van der Waals surface area contributed by atoms with Gasteiger partial charge in [-0.25, -0.2) is 0 Å². The second-order valence-electron chi connectivity index (χ2n) is 2.99. The number of rotatable bonds is 4. The van der Waals surface area contributed by atoms with Crippen molar-refractivity contribution in [3.8, 4) is 0 Å². The Hall–Kier alpha value is -0.165. The summed E-state index contributed by atoms with van der Waals surface area (Å²) >= 11 is 2.18. The molecule has 0 aliphatic rings. The number of benzene rings is 1. The smallest absolute Gasteiger partial charge is 0.423 e. The Morgan fingerprint density at radius 2 is 2.20 bits per heavy atom. The predicted octanol–water partition coefficient (Wildman–Crippen LogP) is 1.03. The summed E-state index contributed by atoms with van der Waals surface area (Å²) in [5.41, 5.74) is 2.45. The fourth-order valence-electron chi connectivity index (χ4n) is 1.40. The van der Waals surface area contributed by atoms with Crippen LogP contribution in [0.4, 0.5) is 5.69 Å². The number of aryl methyl sites for hydroxylation is 1. The Balaban J connectivity index is 3.33. The number of halogens is 1. The fourth-order valence-corrected chi connectivity index (χ4v) is 2.59. The van der Waals surface area contributed by atoms with Gasteiger partial charge in [-0.05, 0) is 40.5 Å². The number of hydrogen-bond donors (Lipinski definition) is 4. The van der Waals surface area contributed by atoms with E-state index in [9.17, 15) is 10.0 Å². The molecule has 0 radical (unpaired) electrons. The van der Waals surface area contributed by atoms with Crippen LogP contribution in [-0.4, -0.2) is 23.4 Å². The van der Waals surface area contributed by atoms with Crippen LogP contribution in [0.15, 0.2) is 12.1 Å². The van der Waals surface area contributed by atoms with Crippen molar-refractivity contribution in [1.82, 2.24) is 0 Å². The summed E-state index contributed by atoms with van der Waals surface area (Å²) in [4.78, 5) is 0. The van der Waals surface area contributed by atoms with Gasteiger partial charge < -0.3 is 20.5 Å². The molecule has 15 heavy (non-hydrogen) atoms. The molecule has 0 saturated heterocycles. The molecule has 0 spiro atoms. The van der Waals surface area contributed by atoms with Crippen molar-refractivity contribution < 1.29 is 10.0 Å². The minimum Gasteiger partial charge on any atom is -0.423 e. The van der Waals surface area contributed by atoms with Crippen LogP contribution in [0.5, 0.6) is 0 Å². The first-order chi connectivity index (χ1) is 7.11. The van der Waals surface area contributed by atoms with E-state index >= 15 is 0 Å². The minimum absolute atomic E-state index is 0.393. The van der Waals surface area contributed by atoms with Crippen molar-refractivity contribution in [2.45, 2.75) is 6.92 Å². The monoisotopic (exact) mass is 336 g/mol. The summed E-state index contributed by atoms with van der Waals surface area (Å²) in [7, 11) is -1.54. The molecule has 4 N–H and O–H groups in total. The molecule has 0 aromatic heterocycles. The highest BCUT2D eigenvalue weighted by atomic mass is 127. The molecule has 0 amide bonds. The van der Waals surface area contributed by atoms with Crippen molar-refractivity contribution in [1.29, 1.82) is 5.41 Å². The largest absolute Gasteiger partial charge is 0.489 e. The molecule has 1 aromatic carbocycles. The highest BCUT2D eigenvalue weighted by Gasteiger charge is 2.19. The number of anilines is 1.